The topological polar surface area (TPSA) is 62.7 Å². The third-order valence-corrected chi connectivity index (χ3v) is 4.87. The Labute approximate surface area is 176 Å². The molecule has 0 saturated carbocycles. The molecule has 5 nitrogen and oxygen atoms in total. The van der Waals surface area contributed by atoms with Gasteiger partial charge in [0.1, 0.15) is 5.70 Å². The van der Waals surface area contributed by atoms with Gasteiger partial charge in [-0.15, -0.1) is 5.10 Å². The minimum absolute atomic E-state index is 0.107. The Morgan fingerprint density at radius 3 is 2.57 bits per heavy atom. The minimum Gasteiger partial charge on any atom is -0.377 e. The number of alkyl halides is 3. The molecule has 0 aliphatic carbocycles. The molecule has 146 valence electrons. The van der Waals surface area contributed by atoms with Crippen LogP contribution >= 0.6 is 34.2 Å². The highest BCUT2D eigenvalue weighted by Crippen LogP contribution is 2.27. The summed E-state index contributed by atoms with van der Waals surface area (Å²) in [4.78, 5) is 14.9. The fourth-order valence-corrected chi connectivity index (χ4v) is 2.94. The van der Waals surface area contributed by atoms with E-state index in [1.165, 1.54) is 10.7 Å². The third-order valence-electron chi connectivity index (χ3n) is 3.82. The summed E-state index contributed by atoms with van der Waals surface area (Å²) in [5.74, 6) is 0.213. The average Bonchev–Trinajstić information content (AvgIpc) is 3.02. The van der Waals surface area contributed by atoms with Crippen molar-refractivity contribution in [1.82, 2.24) is 20.1 Å². The lowest BCUT2D eigenvalue weighted by Gasteiger charge is -2.13. The van der Waals surface area contributed by atoms with E-state index in [0.717, 1.165) is 3.57 Å². The van der Waals surface area contributed by atoms with E-state index in [2.05, 4.69) is 44.6 Å². The molecule has 0 atom stereocenters. The Morgan fingerprint density at radius 1 is 1.25 bits per heavy atom. The zero-order valence-electron chi connectivity index (χ0n) is 14.1. The Bertz CT molecular complexity index is 1070. The van der Waals surface area contributed by atoms with E-state index in [4.69, 9.17) is 11.6 Å². The van der Waals surface area contributed by atoms with Crippen LogP contribution in [0.15, 0.2) is 59.5 Å². The Hall–Kier alpha value is -2.27. The van der Waals surface area contributed by atoms with Crippen molar-refractivity contribution in [1.29, 1.82) is 0 Å². The van der Waals surface area contributed by atoms with Crippen LogP contribution in [0.3, 0.4) is 0 Å². The first kappa shape index (κ1) is 20.5. The highest BCUT2D eigenvalue weighted by atomic mass is 127. The predicted octanol–water partition coefficient (Wildman–Crippen LogP) is 4.65. The highest BCUT2D eigenvalue weighted by molar-refractivity contribution is 14.1. The van der Waals surface area contributed by atoms with Gasteiger partial charge in [0, 0.05) is 15.7 Å². The van der Waals surface area contributed by atoms with Gasteiger partial charge in [-0.25, -0.2) is 4.79 Å². The van der Waals surface area contributed by atoms with Gasteiger partial charge in [-0.3, -0.25) is 4.98 Å². The van der Waals surface area contributed by atoms with E-state index in [1.54, 1.807) is 24.3 Å². The fourth-order valence-electron chi connectivity index (χ4n) is 2.38. The first-order chi connectivity index (χ1) is 13.1. The van der Waals surface area contributed by atoms with Gasteiger partial charge in [0.15, 0.2) is 5.82 Å². The molecule has 0 aliphatic heterocycles. The van der Waals surface area contributed by atoms with Gasteiger partial charge in [-0.05, 0) is 64.6 Å². The van der Waals surface area contributed by atoms with Gasteiger partial charge in [-0.2, -0.15) is 17.9 Å². The van der Waals surface area contributed by atoms with Crippen molar-refractivity contribution < 1.29 is 13.2 Å². The maximum absolute atomic E-state index is 12.6. The summed E-state index contributed by atoms with van der Waals surface area (Å²) in [6, 6.07) is 11.8. The average molecular weight is 521 g/mol. The van der Waals surface area contributed by atoms with Gasteiger partial charge in [-0.1, -0.05) is 24.2 Å². The smallest absolute Gasteiger partial charge is 0.377 e. The van der Waals surface area contributed by atoms with Crippen LogP contribution in [0.1, 0.15) is 5.56 Å². The minimum atomic E-state index is -4.52. The lowest BCUT2D eigenvalue weighted by Crippen LogP contribution is -2.24. The van der Waals surface area contributed by atoms with E-state index in [9.17, 15) is 18.0 Å². The molecule has 1 heterocycles. The first-order valence-corrected chi connectivity index (χ1v) is 9.35. The molecule has 3 aromatic rings. The number of nitrogens with zero attached hydrogens (tertiary/aromatic N) is 2. The molecule has 2 aromatic carbocycles. The van der Waals surface area contributed by atoms with Crippen LogP contribution < -0.4 is 11.0 Å². The predicted molar refractivity (Wildman–Crippen MR) is 109 cm³/mol. The number of benzene rings is 2. The largest absolute Gasteiger partial charge is 0.430 e. The maximum atomic E-state index is 12.6. The van der Waals surface area contributed by atoms with Crippen LogP contribution in [0, 0.1) is 3.57 Å². The van der Waals surface area contributed by atoms with E-state index in [-0.39, 0.29) is 12.4 Å². The summed E-state index contributed by atoms with van der Waals surface area (Å²) in [7, 11) is 0. The van der Waals surface area contributed by atoms with Crippen molar-refractivity contribution in [2.45, 2.75) is 12.7 Å². The number of rotatable bonds is 5. The molecule has 0 radical (unpaired) electrons. The summed E-state index contributed by atoms with van der Waals surface area (Å²) in [5, 5.41) is 6.79. The SMILES string of the molecule is C=C(NCc1ccc(Cl)c(-c2nn(-c3ccc(I)cc3)c(=O)[nH]2)c1)C(F)(F)F. The highest BCUT2D eigenvalue weighted by Gasteiger charge is 2.31. The van der Waals surface area contributed by atoms with Crippen molar-refractivity contribution in [2.24, 2.45) is 0 Å². The molecule has 0 fully saturated rings. The normalized spacial score (nSPS) is 11.5. The third kappa shape index (κ3) is 4.58. The Kier molecular flexibility index (Phi) is 5.84. The molecule has 0 amide bonds. The molecule has 1 aromatic heterocycles. The number of allylic oxidation sites excluding steroid dienone is 1. The van der Waals surface area contributed by atoms with Gasteiger partial charge in [0.25, 0.3) is 0 Å². The lowest BCUT2D eigenvalue weighted by atomic mass is 10.1. The van der Waals surface area contributed by atoms with E-state index >= 15 is 0 Å². The summed E-state index contributed by atoms with van der Waals surface area (Å²) >= 11 is 8.35. The van der Waals surface area contributed by atoms with Gasteiger partial charge < -0.3 is 5.32 Å². The van der Waals surface area contributed by atoms with Crippen molar-refractivity contribution in [2.75, 3.05) is 0 Å². The molecule has 0 spiro atoms. The van der Waals surface area contributed by atoms with Crippen LogP contribution in [0.2, 0.25) is 5.02 Å². The Balaban J connectivity index is 1.90. The first-order valence-electron chi connectivity index (χ1n) is 7.89. The summed E-state index contributed by atoms with van der Waals surface area (Å²) in [6.45, 7) is 2.86. The van der Waals surface area contributed by atoms with Gasteiger partial charge >= 0.3 is 11.9 Å². The van der Waals surface area contributed by atoms with Crippen molar-refractivity contribution in [3.8, 4) is 17.1 Å². The molecule has 0 bridgehead atoms. The van der Waals surface area contributed by atoms with Crippen LogP contribution in [-0.2, 0) is 6.54 Å². The zero-order chi connectivity index (χ0) is 20.5. The number of halogens is 5. The van der Waals surface area contributed by atoms with Crippen LogP contribution in [0.4, 0.5) is 13.2 Å². The quantitative estimate of drug-likeness (QED) is 0.482. The van der Waals surface area contributed by atoms with E-state index in [1.807, 2.05) is 12.1 Å². The molecule has 0 unspecified atom stereocenters. The molecule has 28 heavy (non-hydrogen) atoms. The number of hydrogen-bond donors (Lipinski definition) is 2. The molecular weight excluding hydrogens is 508 g/mol. The summed E-state index contributed by atoms with van der Waals surface area (Å²) in [6.07, 6.45) is -4.52. The standard InChI is InChI=1S/C18H13ClF3IN4O/c1-10(18(20,21)22)24-9-11-2-7-15(19)14(8-11)16-25-17(28)27(26-16)13-5-3-12(23)4-6-13/h2-8,24H,1,9H2,(H,25,26,28). The van der Waals surface area contributed by atoms with Gasteiger partial charge in [0.05, 0.1) is 10.7 Å². The second-order valence-electron chi connectivity index (χ2n) is 5.81. The number of hydrogen-bond acceptors (Lipinski definition) is 3. The van der Waals surface area contributed by atoms with Crippen LogP contribution in [0.25, 0.3) is 17.1 Å². The molecule has 0 saturated heterocycles. The van der Waals surface area contributed by atoms with Crippen LogP contribution in [-0.4, -0.2) is 20.9 Å². The monoisotopic (exact) mass is 520 g/mol. The van der Waals surface area contributed by atoms with Crippen molar-refractivity contribution >= 4 is 34.2 Å². The molecule has 10 heteroatoms. The number of H-pyrrole nitrogens is 1. The van der Waals surface area contributed by atoms with Crippen molar-refractivity contribution in [3.05, 3.63) is 79.4 Å². The lowest BCUT2D eigenvalue weighted by molar-refractivity contribution is -0.0964. The van der Waals surface area contributed by atoms with Gasteiger partial charge in [0.2, 0.25) is 0 Å². The van der Waals surface area contributed by atoms with E-state index in [0.29, 0.717) is 21.8 Å². The molecular formula is C18H13ClF3IN4O. The number of aromatic amines is 1. The molecule has 3 rings (SSSR count). The fraction of sp³-hybridized carbons (Fsp3) is 0.111. The summed E-state index contributed by atoms with van der Waals surface area (Å²) in [5.41, 5.74) is -0.000559. The molecule has 2 N–H and O–H groups in total. The second kappa shape index (κ2) is 8.00. The molecule has 0 aliphatic rings. The zero-order valence-corrected chi connectivity index (χ0v) is 17.1. The van der Waals surface area contributed by atoms with Crippen LogP contribution in [0.5, 0.6) is 0 Å². The maximum Gasteiger partial charge on any atom is 0.430 e. The number of aromatic nitrogens is 3. The second-order valence-corrected chi connectivity index (χ2v) is 7.46. The number of nitrogens with one attached hydrogen (secondary N) is 2. The summed E-state index contributed by atoms with van der Waals surface area (Å²) < 4.78 is 39.9. The van der Waals surface area contributed by atoms with Crippen molar-refractivity contribution in [3.63, 3.8) is 0 Å². The Morgan fingerprint density at radius 2 is 1.93 bits per heavy atom. The van der Waals surface area contributed by atoms with E-state index < -0.39 is 17.6 Å².